The van der Waals surface area contributed by atoms with Gasteiger partial charge in [0, 0.05) is 11.6 Å². The van der Waals surface area contributed by atoms with E-state index in [1.807, 2.05) is 31.2 Å². The minimum atomic E-state index is -0.772. The first-order valence-corrected chi connectivity index (χ1v) is 9.51. The van der Waals surface area contributed by atoms with Gasteiger partial charge in [0.25, 0.3) is 5.91 Å². The Hall–Kier alpha value is -3.06. The van der Waals surface area contributed by atoms with Crippen molar-refractivity contribution in [3.63, 3.8) is 0 Å². The molecule has 4 N–H and O–H groups in total. The van der Waals surface area contributed by atoms with Crippen molar-refractivity contribution < 1.29 is 19.1 Å². The predicted molar refractivity (Wildman–Crippen MR) is 110 cm³/mol. The first-order chi connectivity index (χ1) is 13.8. The Labute approximate surface area is 174 Å². The number of urea groups is 1. The molecule has 8 heteroatoms. The average Bonchev–Trinajstić information content (AvgIpc) is 2.67. The van der Waals surface area contributed by atoms with Crippen LogP contribution >= 0.6 is 11.6 Å². The molecule has 3 amide bonds. The van der Waals surface area contributed by atoms with Gasteiger partial charge in [-0.25, -0.2) is 4.79 Å². The second-order valence-corrected chi connectivity index (χ2v) is 6.94. The molecule has 2 aromatic carbocycles. The average molecular weight is 418 g/mol. The highest BCUT2D eigenvalue weighted by Gasteiger charge is 2.19. The second-order valence-electron chi connectivity index (χ2n) is 6.50. The Kier molecular flexibility index (Phi) is 8.48. The number of hydrogen-bond acceptors (Lipinski definition) is 4. The van der Waals surface area contributed by atoms with Gasteiger partial charge in [0.2, 0.25) is 0 Å². The van der Waals surface area contributed by atoms with Crippen molar-refractivity contribution in [3.8, 4) is 0 Å². The SMILES string of the molecule is Cc1ccccc1CCNC(=O)COC(=O)C[C@@H](NC(N)=O)c1ccc(Cl)cc1. The van der Waals surface area contributed by atoms with Gasteiger partial charge in [-0.3, -0.25) is 9.59 Å². The number of benzene rings is 2. The lowest BCUT2D eigenvalue weighted by atomic mass is 10.0. The van der Waals surface area contributed by atoms with E-state index in [1.54, 1.807) is 24.3 Å². The van der Waals surface area contributed by atoms with Crippen LogP contribution in [0.15, 0.2) is 48.5 Å². The lowest BCUT2D eigenvalue weighted by molar-refractivity contribution is -0.149. The van der Waals surface area contributed by atoms with Gasteiger partial charge in [-0.2, -0.15) is 0 Å². The van der Waals surface area contributed by atoms with Gasteiger partial charge >= 0.3 is 12.0 Å². The summed E-state index contributed by atoms with van der Waals surface area (Å²) in [7, 11) is 0. The Bertz CT molecular complexity index is 855. The van der Waals surface area contributed by atoms with E-state index in [2.05, 4.69) is 10.6 Å². The first kappa shape index (κ1) is 22.2. The summed E-state index contributed by atoms with van der Waals surface area (Å²) in [4.78, 5) is 35.2. The fourth-order valence-corrected chi connectivity index (χ4v) is 2.89. The van der Waals surface area contributed by atoms with E-state index in [1.165, 1.54) is 0 Å². The highest BCUT2D eigenvalue weighted by molar-refractivity contribution is 6.30. The number of nitrogens with one attached hydrogen (secondary N) is 2. The lowest BCUT2D eigenvalue weighted by Gasteiger charge is -2.17. The molecule has 0 heterocycles. The van der Waals surface area contributed by atoms with E-state index >= 15 is 0 Å². The number of esters is 1. The minimum Gasteiger partial charge on any atom is -0.456 e. The molecule has 0 saturated heterocycles. The number of hydrogen-bond donors (Lipinski definition) is 3. The van der Waals surface area contributed by atoms with E-state index in [0.29, 0.717) is 23.6 Å². The maximum absolute atomic E-state index is 12.1. The predicted octanol–water partition coefficient (Wildman–Crippen LogP) is 2.65. The molecule has 0 fully saturated rings. The molecule has 0 bridgehead atoms. The zero-order valence-electron chi connectivity index (χ0n) is 16.1. The molecule has 7 nitrogen and oxygen atoms in total. The second kappa shape index (κ2) is 11.1. The van der Waals surface area contributed by atoms with Gasteiger partial charge in [-0.1, -0.05) is 48.0 Å². The molecule has 29 heavy (non-hydrogen) atoms. The first-order valence-electron chi connectivity index (χ1n) is 9.13. The van der Waals surface area contributed by atoms with Crippen LogP contribution in [0.5, 0.6) is 0 Å². The molecule has 0 aromatic heterocycles. The number of primary amides is 1. The molecule has 0 unspecified atom stereocenters. The number of rotatable bonds is 9. The summed E-state index contributed by atoms with van der Waals surface area (Å²) in [5, 5.41) is 5.73. The summed E-state index contributed by atoms with van der Waals surface area (Å²) in [5.41, 5.74) is 8.13. The maximum Gasteiger partial charge on any atom is 0.312 e. The number of ether oxygens (including phenoxy) is 1. The van der Waals surface area contributed by atoms with Crippen LogP contribution in [-0.2, 0) is 20.7 Å². The largest absolute Gasteiger partial charge is 0.456 e. The quantitative estimate of drug-likeness (QED) is 0.544. The number of halogens is 1. The van der Waals surface area contributed by atoms with Crippen LogP contribution in [0.25, 0.3) is 0 Å². The van der Waals surface area contributed by atoms with Crippen LogP contribution in [0.4, 0.5) is 4.79 Å². The number of nitrogens with two attached hydrogens (primary N) is 1. The standard InChI is InChI=1S/C21H24ClN3O4/c1-14-4-2-3-5-15(14)10-11-24-19(26)13-29-20(27)12-18(25-21(23)28)16-6-8-17(22)9-7-16/h2-9,18H,10-13H2,1H3,(H,24,26)(H3,23,25,28)/t18-/m1/s1. The third-order valence-corrected chi connectivity index (χ3v) is 4.55. The summed E-state index contributed by atoms with van der Waals surface area (Å²) in [6.45, 7) is 2.06. The van der Waals surface area contributed by atoms with Crippen LogP contribution in [0.1, 0.15) is 29.2 Å². The summed E-state index contributed by atoms with van der Waals surface area (Å²) in [6, 6.07) is 13.1. The Morgan fingerprint density at radius 1 is 1.10 bits per heavy atom. The molecule has 2 aromatic rings. The van der Waals surface area contributed by atoms with E-state index in [0.717, 1.165) is 11.1 Å². The fourth-order valence-electron chi connectivity index (χ4n) is 2.77. The normalized spacial score (nSPS) is 11.4. The van der Waals surface area contributed by atoms with Crippen LogP contribution in [0, 0.1) is 6.92 Å². The van der Waals surface area contributed by atoms with Crippen molar-refractivity contribution in [2.45, 2.75) is 25.8 Å². The Morgan fingerprint density at radius 3 is 2.45 bits per heavy atom. The molecular weight excluding hydrogens is 394 g/mol. The molecular formula is C21H24ClN3O4. The van der Waals surface area contributed by atoms with E-state index < -0.39 is 30.6 Å². The minimum absolute atomic E-state index is 0.166. The highest BCUT2D eigenvalue weighted by Crippen LogP contribution is 2.20. The lowest BCUT2D eigenvalue weighted by Crippen LogP contribution is -2.35. The van der Waals surface area contributed by atoms with Gasteiger partial charge in [-0.15, -0.1) is 0 Å². The zero-order valence-corrected chi connectivity index (χ0v) is 16.9. The van der Waals surface area contributed by atoms with Crippen LogP contribution in [0.2, 0.25) is 5.02 Å². The van der Waals surface area contributed by atoms with Crippen LogP contribution in [0.3, 0.4) is 0 Å². The Morgan fingerprint density at radius 2 is 1.79 bits per heavy atom. The number of amides is 3. The molecule has 0 aliphatic heterocycles. The highest BCUT2D eigenvalue weighted by atomic mass is 35.5. The molecule has 1 atom stereocenters. The maximum atomic E-state index is 12.1. The smallest absolute Gasteiger partial charge is 0.312 e. The molecule has 154 valence electrons. The van der Waals surface area contributed by atoms with E-state index in [4.69, 9.17) is 22.1 Å². The molecule has 0 spiro atoms. The summed E-state index contributed by atoms with van der Waals surface area (Å²) in [6.07, 6.45) is 0.522. The van der Waals surface area contributed by atoms with Crippen LogP contribution < -0.4 is 16.4 Å². The molecule has 0 aliphatic rings. The summed E-state index contributed by atoms with van der Waals surface area (Å²) >= 11 is 5.85. The van der Waals surface area contributed by atoms with Crippen molar-refractivity contribution in [2.24, 2.45) is 5.73 Å². The monoisotopic (exact) mass is 417 g/mol. The van der Waals surface area contributed by atoms with Crippen molar-refractivity contribution in [2.75, 3.05) is 13.2 Å². The van der Waals surface area contributed by atoms with Gasteiger partial charge in [0.05, 0.1) is 12.5 Å². The Balaban J connectivity index is 1.78. The van der Waals surface area contributed by atoms with Crippen molar-refractivity contribution >= 4 is 29.5 Å². The topological polar surface area (TPSA) is 111 Å². The summed E-state index contributed by atoms with van der Waals surface area (Å²) < 4.78 is 5.02. The zero-order chi connectivity index (χ0) is 21.2. The van der Waals surface area contributed by atoms with Crippen molar-refractivity contribution in [3.05, 3.63) is 70.2 Å². The van der Waals surface area contributed by atoms with Crippen molar-refractivity contribution in [1.82, 2.24) is 10.6 Å². The number of carbonyl (C=O) groups excluding carboxylic acids is 3. The third kappa shape index (κ3) is 7.83. The summed E-state index contributed by atoms with van der Waals surface area (Å²) in [5.74, 6) is -1.02. The molecule has 0 aliphatic carbocycles. The number of carbonyl (C=O) groups is 3. The fraction of sp³-hybridized carbons (Fsp3) is 0.286. The van der Waals surface area contributed by atoms with Gasteiger partial charge < -0.3 is 21.1 Å². The van der Waals surface area contributed by atoms with Crippen LogP contribution in [-0.4, -0.2) is 31.1 Å². The molecule has 0 saturated carbocycles. The van der Waals surface area contributed by atoms with Gasteiger partial charge in [0.15, 0.2) is 6.61 Å². The molecule has 2 rings (SSSR count). The van der Waals surface area contributed by atoms with E-state index in [9.17, 15) is 14.4 Å². The third-order valence-electron chi connectivity index (χ3n) is 4.30. The van der Waals surface area contributed by atoms with Gasteiger partial charge in [-0.05, 0) is 42.2 Å². The van der Waals surface area contributed by atoms with Gasteiger partial charge in [0.1, 0.15) is 0 Å². The van der Waals surface area contributed by atoms with Crippen molar-refractivity contribution in [1.29, 1.82) is 0 Å². The number of aryl methyl sites for hydroxylation is 1. The molecule has 0 radical (unpaired) electrons. The van der Waals surface area contributed by atoms with E-state index in [-0.39, 0.29) is 6.42 Å².